The third-order valence-corrected chi connectivity index (χ3v) is 3.64. The Labute approximate surface area is 129 Å². The maximum absolute atomic E-state index is 12.1. The van der Waals surface area contributed by atoms with Crippen LogP contribution in [-0.2, 0) is 10.0 Å². The van der Waals surface area contributed by atoms with Gasteiger partial charge >= 0.3 is 0 Å². The summed E-state index contributed by atoms with van der Waals surface area (Å²) >= 11 is 0. The number of aromatic nitrogens is 2. The minimum absolute atomic E-state index is 0.249. The van der Waals surface area contributed by atoms with Crippen molar-refractivity contribution in [3.05, 3.63) is 48.5 Å². The van der Waals surface area contributed by atoms with E-state index in [1.165, 1.54) is 6.20 Å². The number of hydrogen-bond donors (Lipinski definition) is 2. The van der Waals surface area contributed by atoms with Gasteiger partial charge in [0.15, 0.2) is 0 Å². The molecule has 0 bridgehead atoms. The van der Waals surface area contributed by atoms with Crippen LogP contribution in [0.5, 0.6) is 0 Å². The SMILES string of the molecule is CS(=O)(=O)NCCCNC(=O)c1cncn1-c1ccccc1. The summed E-state index contributed by atoms with van der Waals surface area (Å²) in [5.41, 5.74) is 1.28. The van der Waals surface area contributed by atoms with Gasteiger partial charge in [0.2, 0.25) is 10.0 Å². The molecule has 0 radical (unpaired) electrons. The number of carbonyl (C=O) groups is 1. The van der Waals surface area contributed by atoms with Crippen LogP contribution in [0.3, 0.4) is 0 Å². The molecule has 0 fully saturated rings. The predicted molar refractivity (Wildman–Crippen MR) is 83.4 cm³/mol. The quantitative estimate of drug-likeness (QED) is 0.728. The van der Waals surface area contributed by atoms with Crippen LogP contribution in [0.15, 0.2) is 42.9 Å². The zero-order valence-corrected chi connectivity index (χ0v) is 13.0. The number of amides is 1. The van der Waals surface area contributed by atoms with E-state index in [-0.39, 0.29) is 12.5 Å². The molecule has 1 amide bonds. The zero-order chi connectivity index (χ0) is 16.0. The van der Waals surface area contributed by atoms with Crippen molar-refractivity contribution in [3.8, 4) is 5.69 Å². The van der Waals surface area contributed by atoms with Gasteiger partial charge in [0.1, 0.15) is 5.69 Å². The van der Waals surface area contributed by atoms with Crippen molar-refractivity contribution in [2.24, 2.45) is 0 Å². The van der Waals surface area contributed by atoms with Crippen LogP contribution in [0.1, 0.15) is 16.9 Å². The van der Waals surface area contributed by atoms with Gasteiger partial charge < -0.3 is 5.32 Å². The number of benzene rings is 1. The second kappa shape index (κ2) is 7.19. The maximum atomic E-state index is 12.1. The molecule has 1 heterocycles. The van der Waals surface area contributed by atoms with Gasteiger partial charge in [-0.25, -0.2) is 18.1 Å². The summed E-state index contributed by atoms with van der Waals surface area (Å²) in [6, 6.07) is 9.43. The summed E-state index contributed by atoms with van der Waals surface area (Å²) in [6.45, 7) is 0.665. The maximum Gasteiger partial charge on any atom is 0.269 e. The first-order valence-corrected chi connectivity index (χ1v) is 8.67. The lowest BCUT2D eigenvalue weighted by atomic mass is 10.3. The molecule has 0 aliphatic heterocycles. The lowest BCUT2D eigenvalue weighted by Gasteiger charge is -2.09. The van der Waals surface area contributed by atoms with Gasteiger partial charge in [-0.05, 0) is 18.6 Å². The standard InChI is InChI=1S/C14H18N4O3S/c1-22(20,21)17-9-5-8-16-14(19)13-10-15-11-18(13)12-6-3-2-4-7-12/h2-4,6-7,10-11,17H,5,8-9H2,1H3,(H,16,19). The number of nitrogens with one attached hydrogen (secondary N) is 2. The predicted octanol–water partition coefficient (Wildman–Crippen LogP) is 0.541. The van der Waals surface area contributed by atoms with E-state index in [0.29, 0.717) is 18.7 Å². The van der Waals surface area contributed by atoms with Crippen molar-refractivity contribution in [3.63, 3.8) is 0 Å². The Bertz CT molecular complexity index is 726. The first-order valence-electron chi connectivity index (χ1n) is 6.78. The average Bonchev–Trinajstić information content (AvgIpc) is 2.96. The van der Waals surface area contributed by atoms with Gasteiger partial charge in [0, 0.05) is 18.8 Å². The molecule has 0 saturated carbocycles. The molecule has 2 N–H and O–H groups in total. The second-order valence-electron chi connectivity index (χ2n) is 4.76. The second-order valence-corrected chi connectivity index (χ2v) is 6.59. The number of hydrogen-bond acceptors (Lipinski definition) is 4. The summed E-state index contributed by atoms with van der Waals surface area (Å²) in [5, 5.41) is 2.75. The number of sulfonamides is 1. The minimum Gasteiger partial charge on any atom is -0.351 e. The van der Waals surface area contributed by atoms with Crippen LogP contribution >= 0.6 is 0 Å². The van der Waals surface area contributed by atoms with E-state index >= 15 is 0 Å². The summed E-state index contributed by atoms with van der Waals surface area (Å²) in [5.74, 6) is -0.249. The molecule has 1 aromatic carbocycles. The van der Waals surface area contributed by atoms with Crippen molar-refractivity contribution in [1.82, 2.24) is 19.6 Å². The fraction of sp³-hybridized carbons (Fsp3) is 0.286. The van der Waals surface area contributed by atoms with Crippen LogP contribution < -0.4 is 10.0 Å². The normalized spacial score (nSPS) is 11.3. The lowest BCUT2D eigenvalue weighted by molar-refractivity contribution is 0.0946. The smallest absolute Gasteiger partial charge is 0.269 e. The molecule has 118 valence electrons. The highest BCUT2D eigenvalue weighted by atomic mass is 32.2. The monoisotopic (exact) mass is 322 g/mol. The Hall–Kier alpha value is -2.19. The molecule has 0 aliphatic carbocycles. The van der Waals surface area contributed by atoms with Gasteiger partial charge in [0.25, 0.3) is 5.91 Å². The molecular weight excluding hydrogens is 304 g/mol. The van der Waals surface area contributed by atoms with Crippen molar-refractivity contribution in [2.45, 2.75) is 6.42 Å². The van der Waals surface area contributed by atoms with E-state index in [0.717, 1.165) is 11.9 Å². The highest BCUT2D eigenvalue weighted by Gasteiger charge is 2.12. The fourth-order valence-corrected chi connectivity index (χ4v) is 2.41. The van der Waals surface area contributed by atoms with Crippen LogP contribution in [-0.4, -0.2) is 43.2 Å². The Kier molecular flexibility index (Phi) is 5.29. The molecule has 0 spiro atoms. The van der Waals surface area contributed by atoms with E-state index in [1.807, 2.05) is 30.3 Å². The topological polar surface area (TPSA) is 93.1 Å². The summed E-state index contributed by atoms with van der Waals surface area (Å²) < 4.78 is 25.9. The molecule has 22 heavy (non-hydrogen) atoms. The van der Waals surface area contributed by atoms with Gasteiger partial charge in [-0.15, -0.1) is 0 Å². The summed E-state index contributed by atoms with van der Waals surface area (Å²) in [6.07, 6.45) is 4.69. The van der Waals surface area contributed by atoms with E-state index < -0.39 is 10.0 Å². The number of rotatable bonds is 7. The van der Waals surface area contributed by atoms with E-state index in [9.17, 15) is 13.2 Å². The Morgan fingerprint density at radius 1 is 1.23 bits per heavy atom. The average molecular weight is 322 g/mol. The van der Waals surface area contributed by atoms with E-state index in [1.54, 1.807) is 10.9 Å². The molecule has 2 rings (SSSR count). The molecule has 8 heteroatoms. The zero-order valence-electron chi connectivity index (χ0n) is 12.2. The Balaban J connectivity index is 1.90. The van der Waals surface area contributed by atoms with Crippen LogP contribution in [0.4, 0.5) is 0 Å². The molecule has 1 aromatic heterocycles. The molecule has 0 saturated heterocycles. The van der Waals surface area contributed by atoms with Crippen LogP contribution in [0.2, 0.25) is 0 Å². The first-order chi connectivity index (χ1) is 10.5. The molecule has 0 unspecified atom stereocenters. The highest BCUT2D eigenvalue weighted by molar-refractivity contribution is 7.88. The van der Waals surface area contributed by atoms with Crippen LogP contribution in [0, 0.1) is 0 Å². The fourth-order valence-electron chi connectivity index (χ4n) is 1.90. The molecule has 0 atom stereocenters. The number of imidazole rings is 1. The van der Waals surface area contributed by atoms with Crippen molar-refractivity contribution >= 4 is 15.9 Å². The van der Waals surface area contributed by atoms with Gasteiger partial charge in [-0.1, -0.05) is 18.2 Å². The summed E-state index contributed by atoms with van der Waals surface area (Å²) in [4.78, 5) is 16.2. The third kappa shape index (κ3) is 4.68. The van der Waals surface area contributed by atoms with Gasteiger partial charge in [-0.2, -0.15) is 0 Å². The molecule has 2 aromatic rings. The number of nitrogens with zero attached hydrogens (tertiary/aromatic N) is 2. The Morgan fingerprint density at radius 3 is 2.64 bits per heavy atom. The van der Waals surface area contributed by atoms with Gasteiger partial charge in [0.05, 0.1) is 18.8 Å². The van der Waals surface area contributed by atoms with Crippen molar-refractivity contribution < 1.29 is 13.2 Å². The van der Waals surface area contributed by atoms with Crippen molar-refractivity contribution in [2.75, 3.05) is 19.3 Å². The number of para-hydroxylation sites is 1. The van der Waals surface area contributed by atoms with Gasteiger partial charge in [-0.3, -0.25) is 9.36 Å². The molecular formula is C14H18N4O3S. The molecule has 7 nitrogen and oxygen atoms in total. The van der Waals surface area contributed by atoms with Crippen molar-refractivity contribution in [1.29, 1.82) is 0 Å². The summed E-state index contributed by atoms with van der Waals surface area (Å²) in [7, 11) is -3.19. The Morgan fingerprint density at radius 2 is 1.95 bits per heavy atom. The van der Waals surface area contributed by atoms with E-state index in [2.05, 4.69) is 15.0 Å². The number of carbonyl (C=O) groups excluding carboxylic acids is 1. The lowest BCUT2D eigenvalue weighted by Crippen LogP contribution is -2.30. The largest absolute Gasteiger partial charge is 0.351 e. The third-order valence-electron chi connectivity index (χ3n) is 2.91. The van der Waals surface area contributed by atoms with E-state index in [4.69, 9.17) is 0 Å². The highest BCUT2D eigenvalue weighted by Crippen LogP contribution is 2.10. The molecule has 0 aliphatic rings. The van der Waals surface area contributed by atoms with Crippen LogP contribution in [0.25, 0.3) is 5.69 Å². The first kappa shape index (κ1) is 16.2. The minimum atomic E-state index is -3.19.